The lowest BCUT2D eigenvalue weighted by atomic mass is 10.1. The number of hydrogen-bond donors (Lipinski definition) is 2. The van der Waals surface area contributed by atoms with Gasteiger partial charge in [0.15, 0.2) is 5.82 Å². The second-order valence-electron chi connectivity index (χ2n) is 9.24. The summed E-state index contributed by atoms with van der Waals surface area (Å²) in [6.45, 7) is 3.89. The Bertz CT molecular complexity index is 1260. The first-order valence-electron chi connectivity index (χ1n) is 10.9. The van der Waals surface area contributed by atoms with Crippen LogP contribution in [0.3, 0.4) is 0 Å². The van der Waals surface area contributed by atoms with Crippen molar-refractivity contribution in [2.45, 2.75) is 45.4 Å². The first kappa shape index (κ1) is 24.7. The molecule has 1 atom stereocenters. The number of benzene rings is 2. The number of ether oxygens (including phenoxy) is 2. The molecule has 0 saturated carbocycles. The molecule has 2 aromatic rings. The molecule has 0 spiro atoms. The second kappa shape index (κ2) is 9.00. The molecule has 0 aliphatic carbocycles. The summed E-state index contributed by atoms with van der Waals surface area (Å²) in [5.41, 5.74) is -0.457. The lowest BCUT2D eigenvalue weighted by Gasteiger charge is -2.29. The molecule has 1 saturated heterocycles. The van der Waals surface area contributed by atoms with Gasteiger partial charge in [0.05, 0.1) is 18.3 Å². The lowest BCUT2D eigenvalue weighted by molar-refractivity contribution is -0.117. The van der Waals surface area contributed by atoms with E-state index >= 15 is 4.39 Å². The maximum atomic E-state index is 16.0. The minimum absolute atomic E-state index is 0.00604. The zero-order valence-electron chi connectivity index (χ0n) is 19.4. The summed E-state index contributed by atoms with van der Waals surface area (Å²) in [4.78, 5) is 25.9. The van der Waals surface area contributed by atoms with Crippen LogP contribution in [0.25, 0.3) is 0 Å². The molecular formula is C23H26FN3O7S. The first-order chi connectivity index (χ1) is 16.4. The predicted molar refractivity (Wildman–Crippen MR) is 125 cm³/mol. The van der Waals surface area contributed by atoms with Crippen molar-refractivity contribution >= 4 is 33.6 Å². The van der Waals surface area contributed by atoms with Gasteiger partial charge in [0.1, 0.15) is 30.2 Å². The standard InChI is InChI=1S/C23H26FN3O7S/c1-23(2,3)34-22(30)27-15(12-28)9-16-17(27)10-18(33-13-14-7-5-4-6-8-14)21(20(16)24)26-11-19(29)25-35(26,31)32/h4-8,10,15,28H,9,11-13H2,1-3H3,(H,25,29)/t15-/m1/s1. The highest BCUT2D eigenvalue weighted by Gasteiger charge is 2.43. The van der Waals surface area contributed by atoms with Crippen molar-refractivity contribution in [3.8, 4) is 5.75 Å². The normalized spacial score (nSPS) is 18.9. The molecule has 2 N–H and O–H groups in total. The van der Waals surface area contributed by atoms with Gasteiger partial charge in [-0.15, -0.1) is 0 Å². The van der Waals surface area contributed by atoms with Crippen LogP contribution in [0.15, 0.2) is 36.4 Å². The average molecular weight is 508 g/mol. The maximum absolute atomic E-state index is 16.0. The van der Waals surface area contributed by atoms with Gasteiger partial charge in [0.25, 0.3) is 5.91 Å². The quantitative estimate of drug-likeness (QED) is 0.636. The lowest BCUT2D eigenvalue weighted by Crippen LogP contribution is -2.43. The van der Waals surface area contributed by atoms with Gasteiger partial charge < -0.3 is 14.6 Å². The van der Waals surface area contributed by atoms with Crippen molar-refractivity contribution < 1.29 is 37.0 Å². The van der Waals surface area contributed by atoms with E-state index in [1.54, 1.807) is 45.0 Å². The third-order valence-electron chi connectivity index (χ3n) is 5.46. The minimum Gasteiger partial charge on any atom is -0.487 e. The molecule has 2 aliphatic heterocycles. The van der Waals surface area contributed by atoms with Crippen LogP contribution in [0.2, 0.25) is 0 Å². The molecule has 2 aliphatic rings. The van der Waals surface area contributed by atoms with Gasteiger partial charge in [-0.2, -0.15) is 8.42 Å². The van der Waals surface area contributed by atoms with E-state index in [9.17, 15) is 23.1 Å². The van der Waals surface area contributed by atoms with Crippen LogP contribution in [0.5, 0.6) is 5.75 Å². The highest BCUT2D eigenvalue weighted by atomic mass is 32.2. The fourth-order valence-electron chi connectivity index (χ4n) is 4.00. The van der Waals surface area contributed by atoms with Gasteiger partial charge in [0.2, 0.25) is 0 Å². The van der Waals surface area contributed by atoms with E-state index in [0.29, 0.717) is 4.31 Å². The van der Waals surface area contributed by atoms with E-state index in [1.807, 2.05) is 10.8 Å². The van der Waals surface area contributed by atoms with E-state index < -0.39 is 58.5 Å². The summed E-state index contributed by atoms with van der Waals surface area (Å²) in [5, 5.41) is 9.90. The average Bonchev–Trinajstić information content (AvgIpc) is 3.27. The summed E-state index contributed by atoms with van der Waals surface area (Å²) < 4.78 is 54.8. The Kier molecular flexibility index (Phi) is 6.36. The fourth-order valence-corrected chi connectivity index (χ4v) is 5.16. The Morgan fingerprint density at radius 1 is 1.26 bits per heavy atom. The van der Waals surface area contributed by atoms with Crippen LogP contribution < -0.4 is 18.7 Å². The van der Waals surface area contributed by atoms with Gasteiger partial charge in [-0.25, -0.2) is 18.2 Å². The number of halogens is 1. The summed E-state index contributed by atoms with van der Waals surface area (Å²) in [7, 11) is -4.35. The van der Waals surface area contributed by atoms with Crippen molar-refractivity contribution in [3.05, 3.63) is 53.3 Å². The van der Waals surface area contributed by atoms with Crippen LogP contribution in [-0.2, 0) is 32.8 Å². The zero-order chi connectivity index (χ0) is 25.5. The van der Waals surface area contributed by atoms with Crippen LogP contribution in [-0.4, -0.2) is 50.3 Å². The van der Waals surface area contributed by atoms with Gasteiger partial charge in [-0.1, -0.05) is 30.3 Å². The topological polar surface area (TPSA) is 125 Å². The number of fused-ring (bicyclic) bond motifs is 1. The number of hydrogen-bond acceptors (Lipinski definition) is 7. The van der Waals surface area contributed by atoms with Crippen LogP contribution >= 0.6 is 0 Å². The van der Waals surface area contributed by atoms with Gasteiger partial charge >= 0.3 is 16.3 Å². The van der Waals surface area contributed by atoms with Crippen molar-refractivity contribution in [1.29, 1.82) is 0 Å². The molecule has 4 rings (SSSR count). The molecule has 2 aromatic carbocycles. The van der Waals surface area contributed by atoms with Crippen molar-refractivity contribution in [2.75, 3.05) is 22.4 Å². The minimum atomic E-state index is -4.35. The molecule has 2 amide bonds. The number of rotatable bonds is 5. The predicted octanol–water partition coefficient (Wildman–Crippen LogP) is 2.24. The zero-order valence-corrected chi connectivity index (χ0v) is 20.3. The number of amides is 2. The Hall–Kier alpha value is -3.38. The summed E-state index contributed by atoms with van der Waals surface area (Å²) in [6.07, 6.45) is -0.875. The van der Waals surface area contributed by atoms with Crippen molar-refractivity contribution in [2.24, 2.45) is 0 Å². The highest BCUT2D eigenvalue weighted by molar-refractivity contribution is 7.92. The van der Waals surface area contributed by atoms with E-state index in [2.05, 4.69) is 0 Å². The molecule has 12 heteroatoms. The smallest absolute Gasteiger partial charge is 0.415 e. The second-order valence-corrected chi connectivity index (χ2v) is 10.8. The summed E-state index contributed by atoms with van der Waals surface area (Å²) in [6, 6.07) is 9.44. The molecule has 0 unspecified atom stereocenters. The fraction of sp³-hybridized carbons (Fsp3) is 0.391. The molecule has 35 heavy (non-hydrogen) atoms. The molecule has 1 fully saturated rings. The number of nitrogens with zero attached hydrogens (tertiary/aromatic N) is 2. The van der Waals surface area contributed by atoms with E-state index in [4.69, 9.17) is 9.47 Å². The SMILES string of the molecule is CC(C)(C)OC(=O)N1c2cc(OCc3ccccc3)c(N3CC(=O)NS3(=O)=O)c(F)c2C[C@@H]1CO. The molecule has 188 valence electrons. The third-order valence-corrected chi connectivity index (χ3v) is 6.83. The van der Waals surface area contributed by atoms with Crippen LogP contribution in [0, 0.1) is 5.82 Å². The number of aliphatic hydroxyl groups is 1. The number of carbonyl (C=O) groups excluding carboxylic acids is 2. The highest BCUT2D eigenvalue weighted by Crippen LogP contribution is 2.45. The Labute approximate surface area is 202 Å². The third kappa shape index (κ3) is 4.89. The molecule has 0 radical (unpaired) electrons. The van der Waals surface area contributed by atoms with Crippen LogP contribution in [0.1, 0.15) is 31.9 Å². The summed E-state index contributed by atoms with van der Waals surface area (Å²) >= 11 is 0. The molecule has 0 bridgehead atoms. The maximum Gasteiger partial charge on any atom is 0.415 e. The molecule has 10 nitrogen and oxygen atoms in total. The van der Waals surface area contributed by atoms with Gasteiger partial charge in [-0.05, 0) is 26.3 Å². The molecular weight excluding hydrogens is 481 g/mol. The molecule has 2 heterocycles. The Balaban J connectivity index is 1.83. The largest absolute Gasteiger partial charge is 0.487 e. The van der Waals surface area contributed by atoms with Gasteiger partial charge in [0, 0.05) is 18.1 Å². The number of aliphatic hydroxyl groups excluding tert-OH is 1. The van der Waals surface area contributed by atoms with Crippen molar-refractivity contribution in [1.82, 2.24) is 4.72 Å². The molecule has 0 aromatic heterocycles. The number of carbonyl (C=O) groups is 2. The van der Waals surface area contributed by atoms with E-state index in [-0.39, 0.29) is 30.0 Å². The number of nitrogens with one attached hydrogen (secondary N) is 1. The number of anilines is 2. The van der Waals surface area contributed by atoms with Gasteiger partial charge in [-0.3, -0.25) is 9.69 Å². The first-order valence-corrected chi connectivity index (χ1v) is 12.3. The van der Waals surface area contributed by atoms with Crippen molar-refractivity contribution in [3.63, 3.8) is 0 Å². The monoisotopic (exact) mass is 507 g/mol. The van der Waals surface area contributed by atoms with E-state index in [1.165, 1.54) is 6.07 Å². The summed E-state index contributed by atoms with van der Waals surface area (Å²) in [5.74, 6) is -1.96. The Morgan fingerprint density at radius 3 is 2.51 bits per heavy atom. The van der Waals surface area contributed by atoms with Crippen LogP contribution in [0.4, 0.5) is 20.6 Å². The van der Waals surface area contributed by atoms with E-state index in [0.717, 1.165) is 10.5 Å². The Morgan fingerprint density at radius 2 is 1.94 bits per heavy atom.